The Bertz CT molecular complexity index is 1160. The lowest BCUT2D eigenvalue weighted by atomic mass is 10.0. The highest BCUT2D eigenvalue weighted by molar-refractivity contribution is 5.97. The van der Waals surface area contributed by atoms with Crippen molar-refractivity contribution in [2.45, 2.75) is 82.8 Å². The number of hydrogen-bond acceptors (Lipinski definition) is 9. The lowest BCUT2D eigenvalue weighted by Crippen LogP contribution is -2.61. The highest BCUT2D eigenvalue weighted by atomic mass is 16.4. The Morgan fingerprint density at radius 1 is 0.767 bits per heavy atom. The van der Waals surface area contributed by atoms with E-state index < -0.39 is 96.5 Å². The number of carbonyl (C=O) groups excluding carboxylic acids is 5. The van der Waals surface area contributed by atoms with Crippen molar-refractivity contribution in [2.24, 2.45) is 17.4 Å². The summed E-state index contributed by atoms with van der Waals surface area (Å²) in [5.74, 6) is -7.98. The molecule has 0 saturated carbocycles. The minimum atomic E-state index is -1.60. The number of carboxylic acid groups (broad SMARTS) is 2. The van der Waals surface area contributed by atoms with Crippen LogP contribution >= 0.6 is 0 Å². The fourth-order valence-corrected chi connectivity index (χ4v) is 3.85. The summed E-state index contributed by atoms with van der Waals surface area (Å²) in [5, 5.41) is 37.7. The number of carboxylic acids is 2. The average Bonchev–Trinajstić information content (AvgIpc) is 2.91. The van der Waals surface area contributed by atoms with E-state index in [2.05, 4.69) is 21.3 Å². The van der Waals surface area contributed by atoms with Crippen molar-refractivity contribution in [2.75, 3.05) is 0 Å². The van der Waals surface area contributed by atoms with Crippen LogP contribution < -0.4 is 32.7 Å². The summed E-state index contributed by atoms with van der Waals surface area (Å²) in [7, 11) is 0. The molecule has 1 aromatic carbocycles. The van der Waals surface area contributed by atoms with Crippen molar-refractivity contribution in [3.63, 3.8) is 0 Å². The molecule has 0 aliphatic heterocycles. The molecule has 43 heavy (non-hydrogen) atoms. The molecule has 5 amide bonds. The first-order chi connectivity index (χ1) is 20.0. The highest BCUT2D eigenvalue weighted by Crippen LogP contribution is 2.08. The molecule has 0 saturated heterocycles. The summed E-state index contributed by atoms with van der Waals surface area (Å²) in [6.07, 6.45) is -2.87. The molecule has 0 radical (unpaired) electrons. The van der Waals surface area contributed by atoms with Crippen molar-refractivity contribution < 1.29 is 48.9 Å². The molecule has 0 unspecified atom stereocenters. The predicted molar refractivity (Wildman–Crippen MR) is 151 cm³/mol. The molecule has 1 aromatic rings. The summed E-state index contributed by atoms with van der Waals surface area (Å²) < 4.78 is 0. The topological polar surface area (TPSA) is 280 Å². The summed E-state index contributed by atoms with van der Waals surface area (Å²) in [6.45, 7) is 4.29. The van der Waals surface area contributed by atoms with Crippen LogP contribution in [0.25, 0.3) is 0 Å². The van der Waals surface area contributed by atoms with Crippen LogP contribution in [0.4, 0.5) is 0 Å². The van der Waals surface area contributed by atoms with Gasteiger partial charge < -0.3 is 48.1 Å². The lowest BCUT2D eigenvalue weighted by molar-refractivity contribution is -0.142. The molecular weight excluding hydrogens is 568 g/mol. The van der Waals surface area contributed by atoms with E-state index in [0.29, 0.717) is 5.56 Å². The summed E-state index contributed by atoms with van der Waals surface area (Å²) >= 11 is 0. The van der Waals surface area contributed by atoms with Crippen LogP contribution in [0.3, 0.4) is 0 Å². The number of aliphatic carboxylic acids is 2. The van der Waals surface area contributed by atoms with Gasteiger partial charge in [-0.1, -0.05) is 44.2 Å². The molecule has 0 aliphatic rings. The van der Waals surface area contributed by atoms with Gasteiger partial charge in [0.15, 0.2) is 0 Å². The summed E-state index contributed by atoms with van der Waals surface area (Å²) in [4.78, 5) is 85.8. The second kappa shape index (κ2) is 17.4. The molecule has 0 aromatic heterocycles. The Morgan fingerprint density at radius 2 is 1.30 bits per heavy atom. The van der Waals surface area contributed by atoms with Gasteiger partial charge in [0.2, 0.25) is 29.5 Å². The number of rotatable bonds is 18. The third-order valence-corrected chi connectivity index (χ3v) is 6.25. The van der Waals surface area contributed by atoms with Gasteiger partial charge in [0.1, 0.15) is 24.2 Å². The van der Waals surface area contributed by atoms with E-state index in [9.17, 15) is 43.8 Å². The van der Waals surface area contributed by atoms with Crippen molar-refractivity contribution >= 4 is 41.5 Å². The van der Waals surface area contributed by atoms with Crippen molar-refractivity contribution in [3.05, 3.63) is 35.9 Å². The van der Waals surface area contributed by atoms with Crippen molar-refractivity contribution in [1.82, 2.24) is 21.3 Å². The van der Waals surface area contributed by atoms with Gasteiger partial charge in [0.25, 0.3) is 0 Å². The first-order valence-corrected chi connectivity index (χ1v) is 13.4. The number of aliphatic hydroxyl groups is 1. The number of benzene rings is 1. The molecule has 11 N–H and O–H groups in total. The van der Waals surface area contributed by atoms with Crippen LogP contribution in [0.5, 0.6) is 0 Å². The predicted octanol–water partition coefficient (Wildman–Crippen LogP) is -2.64. The van der Waals surface area contributed by atoms with E-state index in [-0.39, 0.29) is 12.8 Å². The molecule has 1 rings (SSSR count). The van der Waals surface area contributed by atoms with E-state index in [0.717, 1.165) is 0 Å². The fourth-order valence-electron chi connectivity index (χ4n) is 3.85. The van der Waals surface area contributed by atoms with E-state index in [1.165, 1.54) is 6.92 Å². The van der Waals surface area contributed by atoms with E-state index in [1.807, 2.05) is 0 Å². The minimum absolute atomic E-state index is 0.0871. The van der Waals surface area contributed by atoms with Gasteiger partial charge in [-0.25, -0.2) is 4.79 Å². The zero-order valence-corrected chi connectivity index (χ0v) is 24.1. The lowest BCUT2D eigenvalue weighted by Gasteiger charge is -2.28. The number of carbonyl (C=O) groups is 7. The molecule has 6 atom stereocenters. The normalized spacial score (nSPS) is 15.1. The van der Waals surface area contributed by atoms with Gasteiger partial charge >= 0.3 is 11.9 Å². The maximum atomic E-state index is 13.2. The summed E-state index contributed by atoms with van der Waals surface area (Å²) in [5.41, 5.74) is 11.5. The van der Waals surface area contributed by atoms with Gasteiger partial charge in [0.05, 0.1) is 18.6 Å². The highest BCUT2D eigenvalue weighted by Gasteiger charge is 2.35. The fraction of sp³-hybridized carbons (Fsp3) is 0.519. The van der Waals surface area contributed by atoms with Crippen LogP contribution in [0, 0.1) is 5.92 Å². The van der Waals surface area contributed by atoms with Gasteiger partial charge in [0, 0.05) is 12.8 Å². The van der Waals surface area contributed by atoms with Gasteiger partial charge in [-0.2, -0.15) is 0 Å². The van der Waals surface area contributed by atoms with Gasteiger partial charge in [-0.05, 0) is 24.8 Å². The molecule has 0 fully saturated rings. The number of nitrogens with two attached hydrogens (primary N) is 2. The Labute approximate surface area is 247 Å². The maximum Gasteiger partial charge on any atom is 0.326 e. The second-order valence-electron chi connectivity index (χ2n) is 10.3. The third kappa shape index (κ3) is 12.9. The smallest absolute Gasteiger partial charge is 0.326 e. The van der Waals surface area contributed by atoms with Crippen LogP contribution in [0.1, 0.15) is 45.6 Å². The van der Waals surface area contributed by atoms with E-state index in [4.69, 9.17) is 16.6 Å². The minimum Gasteiger partial charge on any atom is -0.481 e. The largest absolute Gasteiger partial charge is 0.481 e. The molecule has 0 aliphatic carbocycles. The first kappa shape index (κ1) is 36.5. The van der Waals surface area contributed by atoms with E-state index in [1.54, 1.807) is 44.2 Å². The van der Waals surface area contributed by atoms with Crippen molar-refractivity contribution in [3.8, 4) is 0 Å². The second-order valence-corrected chi connectivity index (χ2v) is 10.3. The molecule has 0 heterocycles. The van der Waals surface area contributed by atoms with Gasteiger partial charge in [-0.15, -0.1) is 0 Å². The molecule has 16 nitrogen and oxygen atoms in total. The number of hydrogen-bond donors (Lipinski definition) is 9. The standard InChI is InChI=1S/C27H40N6O10/c1-13(2)21(32-26(41)22(14(3)34)33-23(38)16(28)9-10-20(36)37)25(40)30-17(12-19(29)35)24(39)31-18(27(42)43)11-15-7-5-4-6-8-15/h4-8,13-14,16-18,21-22,34H,9-12,28H2,1-3H3,(H2,29,35)(H,30,40)(H,31,39)(H,32,41)(H,33,38)(H,36,37)(H,42,43)/t14-,16+,17+,18+,21+,22+/m1/s1. The Balaban J connectivity index is 3.05. The molecule has 0 spiro atoms. The quantitative estimate of drug-likeness (QED) is 0.0830. The van der Waals surface area contributed by atoms with Crippen LogP contribution in [0.2, 0.25) is 0 Å². The number of nitrogens with one attached hydrogen (secondary N) is 4. The third-order valence-electron chi connectivity index (χ3n) is 6.25. The van der Waals surface area contributed by atoms with Crippen LogP contribution in [-0.2, 0) is 40.0 Å². The number of aliphatic hydroxyl groups excluding tert-OH is 1. The zero-order chi connectivity index (χ0) is 32.9. The zero-order valence-electron chi connectivity index (χ0n) is 24.1. The average molecular weight is 609 g/mol. The Morgan fingerprint density at radius 3 is 1.79 bits per heavy atom. The van der Waals surface area contributed by atoms with Crippen LogP contribution in [0.15, 0.2) is 30.3 Å². The SMILES string of the molecule is CC(C)[C@H](NC(=O)[C@@H](NC(=O)[C@@H](N)CCC(=O)O)[C@@H](C)O)C(=O)N[C@@H](CC(N)=O)C(=O)N[C@@H](Cc1ccccc1)C(=O)O. The summed E-state index contributed by atoms with van der Waals surface area (Å²) in [6, 6.07) is 1.20. The first-order valence-electron chi connectivity index (χ1n) is 13.4. The van der Waals surface area contributed by atoms with Crippen LogP contribution in [-0.4, -0.2) is 93.1 Å². The molecule has 16 heteroatoms. The van der Waals surface area contributed by atoms with E-state index >= 15 is 0 Å². The maximum absolute atomic E-state index is 13.2. The Hall–Kier alpha value is -4.57. The number of primary amides is 1. The van der Waals surface area contributed by atoms with Gasteiger partial charge in [-0.3, -0.25) is 28.8 Å². The Kier molecular flexibility index (Phi) is 14.8. The molecular formula is C27H40N6O10. The molecule has 238 valence electrons. The van der Waals surface area contributed by atoms with Crippen molar-refractivity contribution in [1.29, 1.82) is 0 Å². The monoisotopic (exact) mass is 608 g/mol. The molecule has 0 bridgehead atoms. The number of amides is 5.